The number of aromatic nitrogens is 5. The van der Waals surface area contributed by atoms with Crippen molar-refractivity contribution in [3.8, 4) is 22.6 Å². The van der Waals surface area contributed by atoms with Gasteiger partial charge < -0.3 is 15.2 Å². The smallest absolute Gasteiger partial charge is 0.181 e. The number of rotatable bonds is 9. The number of fused-ring (bicyclic) bond motifs is 2. The average Bonchev–Trinajstić information content (AvgIpc) is 3.52. The van der Waals surface area contributed by atoms with Crippen LogP contribution in [0.1, 0.15) is 12.5 Å². The van der Waals surface area contributed by atoms with Crippen LogP contribution >= 0.6 is 0 Å². The summed E-state index contributed by atoms with van der Waals surface area (Å²) in [5.74, 6) is 0.310. The van der Waals surface area contributed by atoms with Gasteiger partial charge in [-0.1, -0.05) is 24.8 Å². The van der Waals surface area contributed by atoms with Gasteiger partial charge in [-0.2, -0.15) is 5.10 Å². The van der Waals surface area contributed by atoms with Gasteiger partial charge in [-0.05, 0) is 56.9 Å². The molecule has 8 nitrogen and oxygen atoms in total. The highest BCUT2D eigenvalue weighted by molar-refractivity contribution is 5.97. The van der Waals surface area contributed by atoms with Crippen molar-refractivity contribution in [3.05, 3.63) is 78.9 Å². The summed E-state index contributed by atoms with van der Waals surface area (Å²) in [5.41, 5.74) is 6.88. The van der Waals surface area contributed by atoms with Gasteiger partial charge in [0.25, 0.3) is 0 Å². The van der Waals surface area contributed by atoms with Gasteiger partial charge in [-0.15, -0.1) is 0 Å². The number of benzene rings is 2. The monoisotopic (exact) mass is 508 g/mol. The lowest BCUT2D eigenvalue weighted by atomic mass is 10.0. The Kier molecular flexibility index (Phi) is 7.10. The Balaban J connectivity index is 1.56. The predicted molar refractivity (Wildman–Crippen MR) is 154 cm³/mol. The number of nitrogens with one attached hydrogen (secondary N) is 3. The summed E-state index contributed by atoms with van der Waals surface area (Å²) < 4.78 is 14.6. The largest absolute Gasteiger partial charge is 0.384 e. The number of anilines is 1. The topological polar surface area (TPSA) is 97.9 Å². The lowest BCUT2D eigenvalue weighted by Crippen LogP contribution is -2.20. The first-order valence-corrected chi connectivity index (χ1v) is 12.3. The van der Waals surface area contributed by atoms with Crippen molar-refractivity contribution in [2.75, 3.05) is 32.5 Å². The SMILES string of the molecule is C=C/C(=C\N=CC)c1cnc2n[nH]c(-c3nc4c(-c5cc(F)cc(NCCN(C)C)c5)cccc4[nH]3)c2c1. The molecule has 2 aromatic carbocycles. The Morgan fingerprint density at radius 3 is 2.87 bits per heavy atom. The van der Waals surface area contributed by atoms with Crippen LogP contribution < -0.4 is 5.32 Å². The van der Waals surface area contributed by atoms with E-state index >= 15 is 0 Å². The summed E-state index contributed by atoms with van der Waals surface area (Å²) in [6, 6.07) is 12.8. The first kappa shape index (κ1) is 25.0. The summed E-state index contributed by atoms with van der Waals surface area (Å²) in [6.45, 7) is 7.31. The van der Waals surface area contributed by atoms with E-state index in [9.17, 15) is 4.39 Å². The van der Waals surface area contributed by atoms with Crippen LogP contribution in [-0.4, -0.2) is 63.4 Å². The molecule has 9 heteroatoms. The molecule has 5 aromatic rings. The summed E-state index contributed by atoms with van der Waals surface area (Å²) in [4.78, 5) is 19.1. The van der Waals surface area contributed by atoms with E-state index in [1.807, 2.05) is 51.4 Å². The highest BCUT2D eigenvalue weighted by Crippen LogP contribution is 2.33. The molecule has 0 fully saturated rings. The second kappa shape index (κ2) is 10.8. The predicted octanol–water partition coefficient (Wildman–Crippen LogP) is 5.90. The zero-order chi connectivity index (χ0) is 26.6. The van der Waals surface area contributed by atoms with Crippen LogP contribution in [0.5, 0.6) is 0 Å². The maximum atomic E-state index is 14.6. The van der Waals surface area contributed by atoms with Crippen LogP contribution in [0.3, 0.4) is 0 Å². The number of nitrogens with zero attached hydrogens (tertiary/aromatic N) is 5. The summed E-state index contributed by atoms with van der Waals surface area (Å²) in [7, 11) is 4.01. The van der Waals surface area contributed by atoms with Gasteiger partial charge >= 0.3 is 0 Å². The minimum Gasteiger partial charge on any atom is -0.384 e. The normalized spacial score (nSPS) is 12.3. The maximum absolute atomic E-state index is 14.6. The minimum absolute atomic E-state index is 0.306. The molecule has 0 aliphatic heterocycles. The number of allylic oxidation sites excluding steroid dienone is 2. The third-order valence-electron chi connectivity index (χ3n) is 6.17. The number of H-pyrrole nitrogens is 2. The van der Waals surface area contributed by atoms with Crippen molar-refractivity contribution >= 4 is 39.5 Å². The Labute approximate surface area is 220 Å². The fraction of sp³-hybridized carbons (Fsp3) is 0.172. The lowest BCUT2D eigenvalue weighted by Gasteiger charge is -2.13. The molecule has 0 spiro atoms. The summed E-state index contributed by atoms with van der Waals surface area (Å²) in [5, 5.41) is 11.6. The van der Waals surface area contributed by atoms with Gasteiger partial charge in [0, 0.05) is 54.1 Å². The van der Waals surface area contributed by atoms with Crippen LogP contribution in [0, 0.1) is 5.82 Å². The average molecular weight is 509 g/mol. The molecule has 0 aliphatic rings. The van der Waals surface area contributed by atoms with Crippen molar-refractivity contribution in [1.82, 2.24) is 30.0 Å². The second-order valence-electron chi connectivity index (χ2n) is 9.14. The number of halogens is 1. The van der Waals surface area contributed by atoms with Gasteiger partial charge in [0.15, 0.2) is 11.5 Å². The number of likely N-dealkylation sites (N-methyl/N-ethyl adjacent to an activating group) is 1. The van der Waals surface area contributed by atoms with Gasteiger partial charge in [0.2, 0.25) is 0 Å². The minimum atomic E-state index is -0.306. The first-order valence-electron chi connectivity index (χ1n) is 12.3. The Hall–Kier alpha value is -4.63. The molecule has 38 heavy (non-hydrogen) atoms. The molecule has 0 saturated carbocycles. The van der Waals surface area contributed by atoms with E-state index in [-0.39, 0.29) is 5.82 Å². The number of pyridine rings is 1. The standard InChI is InChI=1S/C29H29FN8/c1-5-18(16-31-6-2)20-14-24-27(36-37-28(24)33-17-20)29-34-25-9-7-8-23(26(25)35-29)19-12-21(30)15-22(13-19)32-10-11-38(3)4/h5-9,12-17,32H,1,10-11H2,2-4H3,(H,34,35)(H,33,36,37)/b18-16+,31-6?. The highest BCUT2D eigenvalue weighted by atomic mass is 19.1. The first-order chi connectivity index (χ1) is 18.5. The molecule has 5 rings (SSSR count). The van der Waals surface area contributed by atoms with E-state index < -0.39 is 0 Å². The van der Waals surface area contributed by atoms with E-state index in [1.165, 1.54) is 12.1 Å². The van der Waals surface area contributed by atoms with Gasteiger partial charge in [0.1, 0.15) is 11.5 Å². The maximum Gasteiger partial charge on any atom is 0.181 e. The van der Waals surface area contributed by atoms with Crippen molar-refractivity contribution in [3.63, 3.8) is 0 Å². The van der Waals surface area contributed by atoms with Gasteiger partial charge in [-0.25, -0.2) is 14.4 Å². The number of hydrogen-bond donors (Lipinski definition) is 3. The van der Waals surface area contributed by atoms with Crippen LogP contribution in [0.2, 0.25) is 0 Å². The fourth-order valence-corrected chi connectivity index (χ4v) is 4.29. The zero-order valence-electron chi connectivity index (χ0n) is 21.6. The van der Waals surface area contributed by atoms with E-state index in [4.69, 9.17) is 4.98 Å². The second-order valence-corrected chi connectivity index (χ2v) is 9.14. The van der Waals surface area contributed by atoms with Crippen molar-refractivity contribution in [1.29, 1.82) is 0 Å². The Bertz CT molecular complexity index is 1680. The molecule has 0 atom stereocenters. The lowest BCUT2D eigenvalue weighted by molar-refractivity contribution is 0.425. The van der Waals surface area contributed by atoms with E-state index in [2.05, 4.69) is 42.0 Å². The van der Waals surface area contributed by atoms with Crippen LogP contribution in [-0.2, 0) is 0 Å². The van der Waals surface area contributed by atoms with E-state index in [0.29, 0.717) is 23.7 Å². The Morgan fingerprint density at radius 2 is 2.08 bits per heavy atom. The van der Waals surface area contributed by atoms with Crippen molar-refractivity contribution < 1.29 is 4.39 Å². The number of aliphatic imine (C=N–C) groups is 1. The fourth-order valence-electron chi connectivity index (χ4n) is 4.29. The highest BCUT2D eigenvalue weighted by Gasteiger charge is 2.16. The zero-order valence-corrected chi connectivity index (χ0v) is 21.6. The molecule has 0 bridgehead atoms. The van der Waals surface area contributed by atoms with Gasteiger partial charge in [-0.3, -0.25) is 10.1 Å². The molecule has 0 unspecified atom stereocenters. The molecule has 192 valence electrons. The van der Waals surface area contributed by atoms with Crippen molar-refractivity contribution in [2.24, 2.45) is 4.99 Å². The molecule has 0 radical (unpaired) electrons. The van der Waals surface area contributed by atoms with Crippen LogP contribution in [0.15, 0.2) is 72.5 Å². The van der Waals surface area contributed by atoms with E-state index in [0.717, 1.165) is 50.9 Å². The molecule has 3 aromatic heterocycles. The van der Waals surface area contributed by atoms with Crippen LogP contribution in [0.4, 0.5) is 10.1 Å². The quantitative estimate of drug-likeness (QED) is 0.170. The molecule has 3 N–H and O–H groups in total. The molecule has 3 heterocycles. The Morgan fingerprint density at radius 1 is 1.21 bits per heavy atom. The molecule has 0 saturated heterocycles. The molecular formula is C29H29FN8. The number of imidazole rings is 1. The van der Waals surface area contributed by atoms with Crippen molar-refractivity contribution in [2.45, 2.75) is 6.92 Å². The van der Waals surface area contributed by atoms with E-state index in [1.54, 1.807) is 24.7 Å². The molecule has 0 aliphatic carbocycles. The molecular weight excluding hydrogens is 479 g/mol. The number of hydrogen-bond acceptors (Lipinski definition) is 6. The van der Waals surface area contributed by atoms with Gasteiger partial charge in [0.05, 0.1) is 16.4 Å². The number of aromatic amines is 2. The summed E-state index contributed by atoms with van der Waals surface area (Å²) >= 11 is 0. The molecule has 0 amide bonds. The van der Waals surface area contributed by atoms with Crippen LogP contribution in [0.25, 0.3) is 50.3 Å². The summed E-state index contributed by atoms with van der Waals surface area (Å²) in [6.07, 6.45) is 6.94. The third kappa shape index (κ3) is 5.09. The number of para-hydroxylation sites is 1. The third-order valence-corrected chi connectivity index (χ3v) is 6.17.